The normalized spacial score (nSPS) is 23.8. The lowest BCUT2D eigenvalue weighted by atomic mass is 9.79. The number of benzene rings is 3. The highest BCUT2D eigenvalue weighted by Gasteiger charge is 2.59. The van der Waals surface area contributed by atoms with Gasteiger partial charge in [0.2, 0.25) is 21.7 Å². The molecule has 8 fully saturated rings. The number of carboxylic acids is 1. The minimum Gasteiger partial charge on any atom is -0.503 e. The van der Waals surface area contributed by atoms with Crippen molar-refractivity contribution in [2.45, 2.75) is 210 Å². The first-order valence-electron chi connectivity index (χ1n) is 42.6. The van der Waals surface area contributed by atoms with Crippen molar-refractivity contribution in [3.05, 3.63) is 216 Å². The van der Waals surface area contributed by atoms with Gasteiger partial charge < -0.3 is 78.6 Å². The number of unbranched alkanes of at least 4 members (excludes halogenated alkanes) is 2. The van der Waals surface area contributed by atoms with E-state index in [1.165, 1.54) is 33.9 Å². The van der Waals surface area contributed by atoms with Crippen LogP contribution in [0.15, 0.2) is 80.4 Å². The molecule has 8 atom stereocenters. The summed E-state index contributed by atoms with van der Waals surface area (Å²) < 4.78 is 140. The molecule has 8 bridgehead atoms. The molecule has 4 spiro atoms. The average molecular weight is 1760 g/mol. The number of ether oxygens (including phenoxy) is 2. The van der Waals surface area contributed by atoms with E-state index >= 15 is 0 Å². The summed E-state index contributed by atoms with van der Waals surface area (Å²) >= 11 is 0. The number of hydrogen-bond donors (Lipinski definition) is 6. The van der Waals surface area contributed by atoms with E-state index in [0.29, 0.717) is 119 Å². The molecule has 12 aliphatic rings. The molecule has 4 saturated carbocycles. The number of fused-ring (bicyclic) bond motifs is 8. The summed E-state index contributed by atoms with van der Waals surface area (Å²) in [7, 11) is 0. The summed E-state index contributed by atoms with van der Waals surface area (Å²) in [5.74, 6) is -15.9. The first-order chi connectivity index (χ1) is 60.1. The Morgan fingerprint density at radius 2 is 0.643 bits per heavy atom. The number of nitrogens with zero attached hydrogens (tertiary/aromatic N) is 8. The molecule has 12 heterocycles. The van der Waals surface area contributed by atoms with Crippen LogP contribution in [0.1, 0.15) is 242 Å². The van der Waals surface area contributed by atoms with Crippen LogP contribution in [0.3, 0.4) is 0 Å². The maximum Gasteiger partial charge on any atom is 0.341 e. The second-order valence-electron chi connectivity index (χ2n) is 35.5. The SMILES string of the molecule is CCCCOc1c2n(cc(C(=O)NCc3c(F)cc(F)cc3F)c1=O)C[C@]13CCC[C@H](CN1C2=O)C3.CCCCOc1c2n(cc(C(=O)O)c1=O)C[C@]13CCC[C@H](CN1C2=O)C3.O=C(NCc1c(F)cc(F)cc1F)c1cn2c(c(O)c1=O)C(=O)N1C[C@H]3CCC[C@@]1(C3)C2.O=C(NCc1c(F)cc(F)cc1F)c1cn2c(c(O)c1=O)C(=O)N1C[C@H]3CCC[C@@]1(C3)C2. The summed E-state index contributed by atoms with van der Waals surface area (Å²) in [6, 6.07) is 2.99. The van der Waals surface area contributed by atoms with Crippen molar-refractivity contribution >= 4 is 47.3 Å². The summed E-state index contributed by atoms with van der Waals surface area (Å²) in [4.78, 5) is 162. The second-order valence-corrected chi connectivity index (χ2v) is 35.5. The standard InChI is InChI=1S/C26H28F3N3O4.2C22H20F3N3O4.C19H24N2O5/c1-2-3-7-36-23-21-25(35)32-12-15-5-4-6-26(32,10-15)14-31(21)13-18(22(23)33)24(34)30-11-17-19(28)8-16(27)9-20(17)29;2*23-12-4-15(24)13(16(25)5-12)7-26-20(31)14-9-27-10-22-3-1-2-11(6-22)8-28(22)21(32)17(27)19(30)18(14)29;1-2-3-7-26-16-14-17(23)21-9-12-5-4-6-19(21,8-12)11-20(14)10-13(15(16)22)18(24)25/h8-9,13,15H,2-7,10-12,14H2,1H3,(H,30,34);2*4-5,9,11,30H,1-3,6-8,10H2,(H,26,31);10,12H,2-9,11H2,1H3,(H,24,25)/t15-,26+;2*11-,22+;12-,19+/m0000/s1. The summed E-state index contributed by atoms with van der Waals surface area (Å²) in [5, 5.41) is 37.2. The van der Waals surface area contributed by atoms with Gasteiger partial charge in [-0.15, -0.1) is 0 Å². The third-order valence-electron chi connectivity index (χ3n) is 27.4. The molecule has 28 nitrogen and oxygen atoms in total. The minimum absolute atomic E-state index is 0.0975. The van der Waals surface area contributed by atoms with Gasteiger partial charge in [0.1, 0.15) is 74.6 Å². The van der Waals surface area contributed by atoms with Crippen molar-refractivity contribution in [3.63, 3.8) is 0 Å². The van der Waals surface area contributed by atoms with Gasteiger partial charge in [0.05, 0.1) is 35.4 Å². The third-order valence-corrected chi connectivity index (χ3v) is 27.4. The highest BCUT2D eigenvalue weighted by atomic mass is 19.2. The van der Waals surface area contributed by atoms with Crippen LogP contribution < -0.4 is 47.1 Å². The van der Waals surface area contributed by atoms with Crippen molar-refractivity contribution in [2.24, 2.45) is 23.7 Å². The number of aromatic nitrogens is 4. The quantitative estimate of drug-likeness (QED) is 0.0343. The Hall–Kier alpha value is -12.2. The van der Waals surface area contributed by atoms with Crippen LogP contribution in [-0.4, -0.2) is 162 Å². The van der Waals surface area contributed by atoms with E-state index in [-0.39, 0.29) is 74.9 Å². The molecule has 19 rings (SSSR count). The molecule has 4 saturated heterocycles. The number of carbonyl (C=O) groups is 8. The fraction of sp³-hybridized carbons (Fsp3) is 0.483. The number of carboxylic acid groups (broad SMARTS) is 1. The van der Waals surface area contributed by atoms with Crippen molar-refractivity contribution in [1.29, 1.82) is 0 Å². The third kappa shape index (κ3) is 15.6. The highest BCUT2D eigenvalue weighted by Crippen LogP contribution is 2.53. The van der Waals surface area contributed by atoms with E-state index in [1.54, 1.807) is 18.9 Å². The van der Waals surface area contributed by atoms with Crippen LogP contribution in [-0.2, 0) is 45.8 Å². The summed E-state index contributed by atoms with van der Waals surface area (Å²) in [6.07, 6.45) is 23.3. The Morgan fingerprint density at radius 1 is 0.389 bits per heavy atom. The molecular formula is C89H92F9N11O17. The largest absolute Gasteiger partial charge is 0.503 e. The number of halogens is 9. The van der Waals surface area contributed by atoms with Crippen LogP contribution in [0.5, 0.6) is 23.0 Å². The van der Waals surface area contributed by atoms with Crippen LogP contribution in [0.2, 0.25) is 0 Å². The van der Waals surface area contributed by atoms with E-state index in [1.807, 2.05) is 23.6 Å². The van der Waals surface area contributed by atoms with Gasteiger partial charge in [-0.1, -0.05) is 52.4 Å². The van der Waals surface area contributed by atoms with Gasteiger partial charge in [-0.3, -0.25) is 52.7 Å². The minimum atomic E-state index is -1.29. The number of nitrogens with one attached hydrogen (secondary N) is 3. The van der Waals surface area contributed by atoms with E-state index in [0.717, 1.165) is 129 Å². The van der Waals surface area contributed by atoms with Crippen LogP contribution >= 0.6 is 0 Å². The zero-order chi connectivity index (χ0) is 89.7. The van der Waals surface area contributed by atoms with Gasteiger partial charge in [0.25, 0.3) is 41.4 Å². The molecule has 126 heavy (non-hydrogen) atoms. The van der Waals surface area contributed by atoms with Crippen molar-refractivity contribution < 1.29 is 103 Å². The number of carbonyl (C=O) groups excluding carboxylic acids is 7. The summed E-state index contributed by atoms with van der Waals surface area (Å²) in [5.41, 5.74) is -8.03. The second kappa shape index (κ2) is 33.9. The zero-order valence-electron chi connectivity index (χ0n) is 69.0. The predicted molar refractivity (Wildman–Crippen MR) is 429 cm³/mol. The Labute approximate surface area is 713 Å². The monoisotopic (exact) mass is 1760 g/mol. The maximum atomic E-state index is 14.0. The number of amides is 7. The molecule has 7 amide bonds. The smallest absolute Gasteiger partial charge is 0.341 e. The molecule has 7 aromatic rings. The Balaban J connectivity index is 0.000000124. The molecule has 3 aromatic carbocycles. The Bertz CT molecular complexity index is 5740. The number of pyridine rings is 4. The van der Waals surface area contributed by atoms with Crippen molar-refractivity contribution in [1.82, 2.24) is 53.8 Å². The number of aromatic hydroxyl groups is 2. The zero-order valence-corrected chi connectivity index (χ0v) is 69.0. The molecule has 0 unspecified atom stereocenters. The molecule has 8 aliphatic heterocycles. The molecule has 4 aliphatic carbocycles. The van der Waals surface area contributed by atoms with Gasteiger partial charge in [0, 0.05) is 150 Å². The van der Waals surface area contributed by atoms with Crippen molar-refractivity contribution in [2.75, 3.05) is 39.4 Å². The lowest BCUT2D eigenvalue weighted by Crippen LogP contribution is -2.55. The summed E-state index contributed by atoms with van der Waals surface area (Å²) in [6.45, 7) is 6.84. The predicted octanol–water partition coefficient (Wildman–Crippen LogP) is 10.5. The molecule has 37 heteroatoms. The number of aromatic carboxylic acids is 1. The Morgan fingerprint density at radius 3 is 0.921 bits per heavy atom. The number of hydrogen-bond acceptors (Lipinski definition) is 16. The maximum absolute atomic E-state index is 14.0. The van der Waals surface area contributed by atoms with E-state index < -0.39 is 180 Å². The van der Waals surface area contributed by atoms with Gasteiger partial charge in [-0.2, -0.15) is 0 Å². The van der Waals surface area contributed by atoms with Gasteiger partial charge in [-0.05, 0) is 114 Å². The average Bonchev–Trinajstić information content (AvgIpc) is 1.62. The van der Waals surface area contributed by atoms with E-state index in [4.69, 9.17) is 9.47 Å². The fourth-order valence-corrected chi connectivity index (χ4v) is 21.7. The Kier molecular flexibility index (Phi) is 23.5. The lowest BCUT2D eigenvalue weighted by molar-refractivity contribution is 0.0408. The molecule has 6 N–H and O–H groups in total. The first kappa shape index (κ1) is 87.3. The fourth-order valence-electron chi connectivity index (χ4n) is 21.7. The lowest BCUT2D eigenvalue weighted by Gasteiger charge is -2.44. The molecule has 0 radical (unpaired) electrons. The molecular weight excluding hydrogens is 1670 g/mol. The van der Waals surface area contributed by atoms with Crippen molar-refractivity contribution in [3.8, 4) is 23.0 Å². The van der Waals surface area contributed by atoms with Crippen LogP contribution in [0.25, 0.3) is 0 Å². The van der Waals surface area contributed by atoms with E-state index in [2.05, 4.69) is 16.0 Å². The topological polar surface area (TPSA) is 353 Å². The first-order valence-corrected chi connectivity index (χ1v) is 42.6. The van der Waals surface area contributed by atoms with Crippen LogP contribution in [0.4, 0.5) is 39.5 Å². The van der Waals surface area contributed by atoms with E-state index in [9.17, 15) is 112 Å². The van der Waals surface area contributed by atoms with Gasteiger partial charge >= 0.3 is 5.97 Å². The van der Waals surface area contributed by atoms with Crippen LogP contribution in [0, 0.1) is 76.0 Å². The highest BCUT2D eigenvalue weighted by molar-refractivity contribution is 6.03. The molecule has 4 aromatic heterocycles. The number of rotatable bonds is 18. The molecule has 668 valence electrons. The van der Waals surface area contributed by atoms with Gasteiger partial charge in [-0.25, -0.2) is 44.3 Å². The van der Waals surface area contributed by atoms with Gasteiger partial charge in [0.15, 0.2) is 45.8 Å².